The van der Waals surface area contributed by atoms with E-state index in [-0.39, 0.29) is 0 Å². The third kappa shape index (κ3) is 1.41. The summed E-state index contributed by atoms with van der Waals surface area (Å²) in [6, 6.07) is 8.86. The molecule has 0 nitrogen and oxygen atoms in total. The summed E-state index contributed by atoms with van der Waals surface area (Å²) < 4.78 is 0. The van der Waals surface area contributed by atoms with Crippen molar-refractivity contribution in [3.8, 4) is 0 Å². The van der Waals surface area contributed by atoms with Crippen molar-refractivity contribution < 1.29 is 0 Å². The lowest BCUT2D eigenvalue weighted by atomic mass is 9.98. The highest BCUT2D eigenvalue weighted by Crippen LogP contribution is 2.22. The van der Waals surface area contributed by atoms with E-state index in [0.717, 1.165) is 5.56 Å². The van der Waals surface area contributed by atoms with Crippen molar-refractivity contribution in [2.24, 2.45) is 0 Å². The average molecular weight is 183 g/mol. The minimum Gasteiger partial charge on any atom is -0.0512 e. The highest BCUT2D eigenvalue weighted by molar-refractivity contribution is 5.85. The van der Waals surface area contributed by atoms with Gasteiger partial charge in [0.2, 0.25) is 0 Å². The Hall–Kier alpha value is -1.30. The maximum absolute atomic E-state index is 4.02. The second-order valence-electron chi connectivity index (χ2n) is 4.06. The van der Waals surface area contributed by atoms with Gasteiger partial charge < -0.3 is 0 Å². The molecule has 0 aromatic heterocycles. The lowest BCUT2D eigenvalue weighted by molar-refractivity contribution is 1.36. The van der Waals surface area contributed by atoms with E-state index in [2.05, 4.69) is 52.0 Å². The smallest absolute Gasteiger partial charge is 0.0178 e. The van der Waals surface area contributed by atoms with E-state index in [1.165, 1.54) is 27.5 Å². The third-order valence-electron chi connectivity index (χ3n) is 2.91. The largest absolute Gasteiger partial charge is 0.0512 e. The van der Waals surface area contributed by atoms with Gasteiger partial charge in [-0.05, 0) is 60.7 Å². The molecule has 0 heteroatoms. The van der Waals surface area contributed by atoms with Gasteiger partial charge in [-0.2, -0.15) is 0 Å². The van der Waals surface area contributed by atoms with Crippen molar-refractivity contribution in [1.82, 2.24) is 0 Å². The molecule has 0 N–H and O–H groups in total. The van der Waals surface area contributed by atoms with E-state index >= 15 is 0 Å². The van der Waals surface area contributed by atoms with Gasteiger partial charge in [-0.15, -0.1) is 0 Å². The summed E-state index contributed by atoms with van der Waals surface area (Å²) in [5.74, 6) is 0. The van der Waals surface area contributed by atoms with Gasteiger partial charge in [0.15, 0.2) is 0 Å². The van der Waals surface area contributed by atoms with Crippen molar-refractivity contribution in [1.29, 1.82) is 0 Å². The number of benzene rings is 2. The van der Waals surface area contributed by atoms with Crippen LogP contribution >= 0.6 is 0 Å². The molecule has 2 rings (SSSR count). The molecule has 0 heterocycles. The van der Waals surface area contributed by atoms with Crippen molar-refractivity contribution in [3.63, 3.8) is 0 Å². The lowest BCUT2D eigenvalue weighted by Gasteiger charge is -2.07. The molecule has 0 saturated carbocycles. The molecule has 1 radical (unpaired) electrons. The summed E-state index contributed by atoms with van der Waals surface area (Å²) in [5.41, 5.74) is 5.09. The van der Waals surface area contributed by atoms with Crippen LogP contribution in [0.4, 0.5) is 0 Å². The highest BCUT2D eigenvalue weighted by atomic mass is 14.0. The van der Waals surface area contributed by atoms with Gasteiger partial charge in [0, 0.05) is 0 Å². The monoisotopic (exact) mass is 183 g/mol. The van der Waals surface area contributed by atoms with E-state index in [1.54, 1.807) is 0 Å². The minimum absolute atomic E-state index is 1.13. The molecule has 2 aromatic rings. The second kappa shape index (κ2) is 3.13. The molecule has 0 amide bonds. The molecule has 2 aromatic carbocycles. The molecule has 0 spiro atoms. The first-order chi connectivity index (χ1) is 6.58. The molecule has 0 atom stereocenters. The van der Waals surface area contributed by atoms with Gasteiger partial charge in [0.25, 0.3) is 0 Å². The van der Waals surface area contributed by atoms with E-state index < -0.39 is 0 Å². The molecular weight excluding hydrogens is 168 g/mol. The highest BCUT2D eigenvalue weighted by Gasteiger charge is 2.00. The first-order valence-electron chi connectivity index (χ1n) is 4.91. The Morgan fingerprint density at radius 3 is 1.71 bits per heavy atom. The van der Waals surface area contributed by atoms with E-state index in [0.29, 0.717) is 0 Å². The summed E-state index contributed by atoms with van der Waals surface area (Å²) in [7, 11) is 0. The van der Waals surface area contributed by atoms with Gasteiger partial charge in [0.1, 0.15) is 0 Å². The lowest BCUT2D eigenvalue weighted by Crippen LogP contribution is -1.85. The normalized spacial score (nSPS) is 10.9. The summed E-state index contributed by atoms with van der Waals surface area (Å²) in [4.78, 5) is 0. The first kappa shape index (κ1) is 9.26. The molecule has 0 bridgehead atoms. The molecule has 0 unspecified atom stereocenters. The zero-order valence-corrected chi connectivity index (χ0v) is 9.02. The van der Waals surface area contributed by atoms with Crippen LogP contribution in [0.2, 0.25) is 0 Å². The Morgan fingerprint density at radius 1 is 0.714 bits per heavy atom. The minimum atomic E-state index is 1.13. The zero-order chi connectivity index (χ0) is 10.3. The predicted octanol–water partition coefficient (Wildman–Crippen LogP) is 3.95. The summed E-state index contributed by atoms with van der Waals surface area (Å²) in [5, 5.41) is 2.61. The maximum Gasteiger partial charge on any atom is -0.0178 e. The van der Waals surface area contributed by atoms with Crippen LogP contribution in [-0.4, -0.2) is 0 Å². The van der Waals surface area contributed by atoms with Crippen molar-refractivity contribution in [2.75, 3.05) is 0 Å². The number of hydrogen-bond acceptors (Lipinski definition) is 0. The van der Waals surface area contributed by atoms with E-state index in [4.69, 9.17) is 0 Å². The van der Waals surface area contributed by atoms with Crippen LogP contribution in [0.15, 0.2) is 24.3 Å². The molecule has 0 aliphatic rings. The van der Waals surface area contributed by atoms with Gasteiger partial charge in [-0.1, -0.05) is 24.3 Å². The predicted molar refractivity (Wildman–Crippen MR) is 62.6 cm³/mol. The van der Waals surface area contributed by atoms with Crippen molar-refractivity contribution in [3.05, 3.63) is 53.4 Å². The SMILES string of the molecule is [CH2]c1cc2cc(C)c(C)cc2cc1C. The number of rotatable bonds is 0. The Labute approximate surface area is 85.6 Å². The fourth-order valence-electron chi connectivity index (χ4n) is 1.74. The Balaban J connectivity index is 2.83. The van der Waals surface area contributed by atoms with Crippen LogP contribution < -0.4 is 0 Å². The fraction of sp³-hybridized carbons (Fsp3) is 0.214. The van der Waals surface area contributed by atoms with Crippen LogP contribution in [0.3, 0.4) is 0 Å². The van der Waals surface area contributed by atoms with Gasteiger partial charge in [0.05, 0.1) is 0 Å². The molecule has 0 aliphatic carbocycles. The van der Waals surface area contributed by atoms with Crippen LogP contribution in [-0.2, 0) is 0 Å². The Bertz CT molecular complexity index is 404. The van der Waals surface area contributed by atoms with E-state index in [9.17, 15) is 0 Å². The standard InChI is InChI=1S/C14H15/c1-9-5-13-7-11(3)12(4)8-14(13)6-10(9)2/h5-8H,1H2,2-4H3. The molecule has 14 heavy (non-hydrogen) atoms. The van der Waals surface area contributed by atoms with Crippen LogP contribution in [0.25, 0.3) is 10.8 Å². The second-order valence-corrected chi connectivity index (χ2v) is 4.06. The molecule has 71 valence electrons. The van der Waals surface area contributed by atoms with E-state index in [1.807, 2.05) is 0 Å². The number of aryl methyl sites for hydroxylation is 3. The van der Waals surface area contributed by atoms with Gasteiger partial charge in [-0.25, -0.2) is 0 Å². The van der Waals surface area contributed by atoms with Crippen molar-refractivity contribution >= 4 is 10.8 Å². The first-order valence-corrected chi connectivity index (χ1v) is 4.91. The Morgan fingerprint density at radius 2 is 1.14 bits per heavy atom. The zero-order valence-electron chi connectivity index (χ0n) is 9.02. The van der Waals surface area contributed by atoms with Crippen LogP contribution in [0.1, 0.15) is 22.3 Å². The molecule has 0 fully saturated rings. The number of hydrogen-bond donors (Lipinski definition) is 0. The Kier molecular flexibility index (Phi) is 2.07. The average Bonchev–Trinajstić information content (AvgIpc) is 2.11. The molecule has 0 aliphatic heterocycles. The molecule has 0 saturated heterocycles. The summed E-state index contributed by atoms with van der Waals surface area (Å²) in [6.07, 6.45) is 0. The topological polar surface area (TPSA) is 0 Å². The third-order valence-corrected chi connectivity index (χ3v) is 2.91. The van der Waals surface area contributed by atoms with Crippen LogP contribution in [0.5, 0.6) is 0 Å². The maximum atomic E-state index is 4.02. The van der Waals surface area contributed by atoms with Crippen LogP contribution in [0, 0.1) is 27.7 Å². The molecular formula is C14H15. The quantitative estimate of drug-likeness (QED) is 0.580. The van der Waals surface area contributed by atoms with Crippen molar-refractivity contribution in [2.45, 2.75) is 20.8 Å². The summed E-state index contributed by atoms with van der Waals surface area (Å²) >= 11 is 0. The fourth-order valence-corrected chi connectivity index (χ4v) is 1.74. The van der Waals surface area contributed by atoms with Gasteiger partial charge in [-0.3, -0.25) is 0 Å². The number of fused-ring (bicyclic) bond motifs is 1. The van der Waals surface area contributed by atoms with Gasteiger partial charge >= 0.3 is 0 Å². The summed E-state index contributed by atoms with van der Waals surface area (Å²) in [6.45, 7) is 10.4.